The Morgan fingerprint density at radius 3 is 2.90 bits per heavy atom. The zero-order valence-corrected chi connectivity index (χ0v) is 12.6. The van der Waals surface area contributed by atoms with Crippen LogP contribution in [0, 0.1) is 0 Å². The Labute approximate surface area is 126 Å². The predicted molar refractivity (Wildman–Crippen MR) is 82.9 cm³/mol. The van der Waals surface area contributed by atoms with Crippen molar-refractivity contribution < 1.29 is 0 Å². The SMILES string of the molecule is CNc1nc(N(C)Cc2ccsc2)nc(-n2ccnc2)n1. The van der Waals surface area contributed by atoms with Crippen LogP contribution in [0.3, 0.4) is 0 Å². The van der Waals surface area contributed by atoms with Crippen LogP contribution in [-0.2, 0) is 6.54 Å². The second kappa shape index (κ2) is 5.88. The van der Waals surface area contributed by atoms with Gasteiger partial charge in [-0.15, -0.1) is 0 Å². The van der Waals surface area contributed by atoms with E-state index in [1.165, 1.54) is 5.56 Å². The van der Waals surface area contributed by atoms with Crippen molar-refractivity contribution in [2.24, 2.45) is 0 Å². The van der Waals surface area contributed by atoms with Crippen LogP contribution in [0.1, 0.15) is 5.56 Å². The van der Waals surface area contributed by atoms with Crippen molar-refractivity contribution in [2.45, 2.75) is 6.54 Å². The van der Waals surface area contributed by atoms with E-state index >= 15 is 0 Å². The van der Waals surface area contributed by atoms with Crippen molar-refractivity contribution in [2.75, 3.05) is 24.3 Å². The number of rotatable bonds is 5. The number of aromatic nitrogens is 5. The first kappa shape index (κ1) is 13.5. The minimum Gasteiger partial charge on any atom is -0.357 e. The van der Waals surface area contributed by atoms with Crippen LogP contribution in [0.15, 0.2) is 35.5 Å². The smallest absolute Gasteiger partial charge is 0.241 e. The minimum atomic E-state index is 0.529. The van der Waals surface area contributed by atoms with E-state index in [9.17, 15) is 0 Å². The normalized spacial score (nSPS) is 10.6. The van der Waals surface area contributed by atoms with E-state index in [1.807, 2.05) is 11.9 Å². The molecule has 0 fully saturated rings. The summed E-state index contributed by atoms with van der Waals surface area (Å²) in [5, 5.41) is 7.14. The second-order valence-electron chi connectivity index (χ2n) is 4.47. The fourth-order valence-corrected chi connectivity index (χ4v) is 2.52. The number of hydrogen-bond donors (Lipinski definition) is 1. The molecule has 3 heterocycles. The van der Waals surface area contributed by atoms with Crippen molar-refractivity contribution in [3.8, 4) is 5.95 Å². The molecule has 0 unspecified atom stereocenters. The molecule has 0 aromatic carbocycles. The molecule has 0 aliphatic rings. The van der Waals surface area contributed by atoms with Crippen LogP contribution in [0.5, 0.6) is 0 Å². The van der Waals surface area contributed by atoms with E-state index in [-0.39, 0.29) is 0 Å². The summed E-state index contributed by atoms with van der Waals surface area (Å²) in [7, 11) is 3.75. The maximum absolute atomic E-state index is 4.49. The summed E-state index contributed by atoms with van der Waals surface area (Å²) in [5.74, 6) is 1.68. The molecule has 0 saturated carbocycles. The average Bonchev–Trinajstić information content (AvgIpc) is 3.20. The number of thiophene rings is 1. The predicted octanol–water partition coefficient (Wildman–Crippen LogP) is 1.80. The Bertz CT molecular complexity index is 693. The first-order chi connectivity index (χ1) is 10.3. The summed E-state index contributed by atoms with van der Waals surface area (Å²) >= 11 is 1.68. The Morgan fingerprint density at radius 2 is 2.24 bits per heavy atom. The molecular formula is C13H15N7S. The highest BCUT2D eigenvalue weighted by Crippen LogP contribution is 2.15. The summed E-state index contributed by atoms with van der Waals surface area (Å²) < 4.78 is 1.75. The van der Waals surface area contributed by atoms with E-state index in [0.717, 1.165) is 6.54 Å². The highest BCUT2D eigenvalue weighted by atomic mass is 32.1. The highest BCUT2D eigenvalue weighted by Gasteiger charge is 2.11. The van der Waals surface area contributed by atoms with Gasteiger partial charge in [0.25, 0.3) is 0 Å². The number of anilines is 2. The molecule has 21 heavy (non-hydrogen) atoms. The Hall–Kier alpha value is -2.48. The number of nitrogens with zero attached hydrogens (tertiary/aromatic N) is 6. The Morgan fingerprint density at radius 1 is 1.33 bits per heavy atom. The topological polar surface area (TPSA) is 71.8 Å². The van der Waals surface area contributed by atoms with Gasteiger partial charge in [-0.05, 0) is 22.4 Å². The van der Waals surface area contributed by atoms with E-state index in [2.05, 4.69) is 42.1 Å². The van der Waals surface area contributed by atoms with Crippen LogP contribution in [0.4, 0.5) is 11.9 Å². The summed E-state index contributed by atoms with van der Waals surface area (Å²) in [6, 6.07) is 2.10. The lowest BCUT2D eigenvalue weighted by molar-refractivity contribution is 0.826. The molecule has 0 bridgehead atoms. The van der Waals surface area contributed by atoms with Gasteiger partial charge in [0.2, 0.25) is 17.8 Å². The van der Waals surface area contributed by atoms with Gasteiger partial charge in [0, 0.05) is 33.0 Å². The maximum Gasteiger partial charge on any atom is 0.241 e. The van der Waals surface area contributed by atoms with Crippen molar-refractivity contribution in [3.05, 3.63) is 41.1 Å². The van der Waals surface area contributed by atoms with Crippen LogP contribution < -0.4 is 10.2 Å². The van der Waals surface area contributed by atoms with E-state index < -0.39 is 0 Å². The molecule has 0 spiro atoms. The second-order valence-corrected chi connectivity index (χ2v) is 5.25. The molecule has 0 saturated heterocycles. The van der Waals surface area contributed by atoms with Crippen molar-refractivity contribution >= 4 is 23.2 Å². The summed E-state index contributed by atoms with van der Waals surface area (Å²) in [5.41, 5.74) is 1.23. The highest BCUT2D eigenvalue weighted by molar-refractivity contribution is 7.07. The first-order valence-electron chi connectivity index (χ1n) is 6.40. The van der Waals surface area contributed by atoms with Gasteiger partial charge in [-0.2, -0.15) is 26.3 Å². The van der Waals surface area contributed by atoms with Crippen LogP contribution >= 0.6 is 11.3 Å². The summed E-state index contributed by atoms with van der Waals surface area (Å²) in [6.45, 7) is 0.750. The third-order valence-electron chi connectivity index (χ3n) is 2.91. The number of nitrogens with one attached hydrogen (secondary N) is 1. The molecule has 7 nitrogen and oxygen atoms in total. The average molecular weight is 301 g/mol. The third-order valence-corrected chi connectivity index (χ3v) is 3.64. The molecule has 0 amide bonds. The number of hydrogen-bond acceptors (Lipinski definition) is 7. The number of imidazole rings is 1. The van der Waals surface area contributed by atoms with Crippen molar-refractivity contribution in [1.82, 2.24) is 24.5 Å². The van der Waals surface area contributed by atoms with E-state index in [4.69, 9.17) is 0 Å². The molecule has 3 aromatic heterocycles. The van der Waals surface area contributed by atoms with E-state index in [1.54, 1.807) is 41.7 Å². The van der Waals surface area contributed by atoms with Crippen molar-refractivity contribution in [1.29, 1.82) is 0 Å². The fraction of sp³-hybridized carbons (Fsp3) is 0.231. The Balaban J connectivity index is 1.92. The van der Waals surface area contributed by atoms with Gasteiger partial charge in [-0.25, -0.2) is 4.98 Å². The molecule has 108 valence electrons. The molecule has 3 rings (SSSR count). The summed E-state index contributed by atoms with van der Waals surface area (Å²) in [6.07, 6.45) is 5.16. The van der Waals surface area contributed by atoms with E-state index in [0.29, 0.717) is 17.8 Å². The molecule has 0 aliphatic heterocycles. The maximum atomic E-state index is 4.49. The van der Waals surface area contributed by atoms with Gasteiger partial charge in [-0.1, -0.05) is 0 Å². The molecule has 8 heteroatoms. The molecule has 0 aliphatic carbocycles. The van der Waals surface area contributed by atoms with Crippen LogP contribution in [0.2, 0.25) is 0 Å². The molecular weight excluding hydrogens is 286 g/mol. The lowest BCUT2D eigenvalue weighted by Gasteiger charge is -2.17. The first-order valence-corrected chi connectivity index (χ1v) is 7.35. The van der Waals surface area contributed by atoms with Gasteiger partial charge in [0.15, 0.2) is 0 Å². The third kappa shape index (κ3) is 3.00. The van der Waals surface area contributed by atoms with Crippen LogP contribution in [0.25, 0.3) is 5.95 Å². The lowest BCUT2D eigenvalue weighted by atomic mass is 10.3. The monoisotopic (exact) mass is 301 g/mol. The standard InChI is InChI=1S/C13H15N7S/c1-14-11-16-12(19(2)7-10-3-6-21-8-10)18-13(17-11)20-5-4-15-9-20/h3-6,8-9H,7H2,1-2H3,(H,14,16,17,18). The van der Waals surface area contributed by atoms with Crippen molar-refractivity contribution in [3.63, 3.8) is 0 Å². The minimum absolute atomic E-state index is 0.529. The van der Waals surface area contributed by atoms with Gasteiger partial charge in [0.05, 0.1) is 0 Å². The molecule has 0 radical (unpaired) electrons. The molecule has 0 atom stereocenters. The van der Waals surface area contributed by atoms with Crippen LogP contribution in [-0.4, -0.2) is 38.6 Å². The molecule has 1 N–H and O–H groups in total. The quantitative estimate of drug-likeness (QED) is 0.775. The summed E-state index contributed by atoms with van der Waals surface area (Å²) in [4.78, 5) is 19.2. The Kier molecular flexibility index (Phi) is 3.78. The zero-order valence-electron chi connectivity index (χ0n) is 11.8. The lowest BCUT2D eigenvalue weighted by Crippen LogP contribution is -2.21. The van der Waals surface area contributed by atoms with Gasteiger partial charge in [0.1, 0.15) is 6.33 Å². The fourth-order valence-electron chi connectivity index (χ4n) is 1.86. The van der Waals surface area contributed by atoms with Gasteiger partial charge >= 0.3 is 0 Å². The molecule has 3 aromatic rings. The van der Waals surface area contributed by atoms with Gasteiger partial charge in [-0.3, -0.25) is 4.57 Å². The van der Waals surface area contributed by atoms with Gasteiger partial charge < -0.3 is 10.2 Å². The largest absolute Gasteiger partial charge is 0.357 e. The zero-order chi connectivity index (χ0) is 14.7.